The zero-order valence-corrected chi connectivity index (χ0v) is 18.4. The first kappa shape index (κ1) is 22.0. The minimum Gasteiger partial charge on any atom is -0.372 e. The molecule has 1 fully saturated rings. The number of nitrogens with one attached hydrogen (secondary N) is 1. The zero-order valence-electron chi connectivity index (χ0n) is 18.4. The van der Waals surface area contributed by atoms with Crippen molar-refractivity contribution in [1.29, 1.82) is 5.26 Å². The van der Waals surface area contributed by atoms with Crippen LogP contribution in [-0.4, -0.2) is 56.7 Å². The summed E-state index contributed by atoms with van der Waals surface area (Å²) in [6.45, 7) is 10.5. The Morgan fingerprint density at radius 3 is 2.73 bits per heavy atom. The molecular formula is C24H23FN6O2. The van der Waals surface area contributed by atoms with Crippen molar-refractivity contribution in [2.24, 2.45) is 0 Å². The standard InChI is InChI=1S/C24H23FN6O2/c1-4-29-7-8-30(14-16(29)3)23(32)17-5-6-22(27-12-17)31-24(33)20(13-28-31)19-10-21(25)18(11-26)9-15(19)2/h5-6,9-10,12-13,28H,3-4,7-8,14H2,1-2H3. The van der Waals surface area contributed by atoms with Crippen LogP contribution in [0.4, 0.5) is 4.39 Å². The van der Waals surface area contributed by atoms with Crippen LogP contribution < -0.4 is 5.56 Å². The highest BCUT2D eigenvalue weighted by Gasteiger charge is 2.24. The van der Waals surface area contributed by atoms with E-state index in [0.717, 1.165) is 18.8 Å². The van der Waals surface area contributed by atoms with Gasteiger partial charge < -0.3 is 9.80 Å². The predicted octanol–water partition coefficient (Wildman–Crippen LogP) is 2.84. The summed E-state index contributed by atoms with van der Waals surface area (Å²) in [5.74, 6) is -0.530. The van der Waals surface area contributed by atoms with Gasteiger partial charge in [0, 0.05) is 37.7 Å². The van der Waals surface area contributed by atoms with Crippen LogP contribution >= 0.6 is 0 Å². The topological polar surface area (TPSA) is 98.0 Å². The van der Waals surface area contributed by atoms with Crippen molar-refractivity contribution in [1.82, 2.24) is 24.6 Å². The van der Waals surface area contributed by atoms with E-state index < -0.39 is 11.4 Å². The third-order valence-corrected chi connectivity index (χ3v) is 5.85. The van der Waals surface area contributed by atoms with Crippen molar-refractivity contribution in [3.8, 4) is 23.0 Å². The van der Waals surface area contributed by atoms with E-state index in [-0.39, 0.29) is 17.0 Å². The normalized spacial score (nSPS) is 13.8. The number of likely N-dealkylation sites (N-methyl/N-ethyl adjacent to an activating group) is 1. The molecule has 1 aromatic carbocycles. The summed E-state index contributed by atoms with van der Waals surface area (Å²) in [5, 5.41) is 11.8. The molecule has 1 aliphatic rings. The van der Waals surface area contributed by atoms with E-state index in [2.05, 4.69) is 28.5 Å². The molecule has 3 heterocycles. The molecule has 1 N–H and O–H groups in total. The van der Waals surface area contributed by atoms with Gasteiger partial charge in [0.1, 0.15) is 11.9 Å². The van der Waals surface area contributed by atoms with E-state index in [1.165, 1.54) is 29.2 Å². The first-order chi connectivity index (χ1) is 15.8. The van der Waals surface area contributed by atoms with Crippen LogP contribution in [0.3, 0.4) is 0 Å². The molecule has 0 atom stereocenters. The molecule has 0 saturated carbocycles. The van der Waals surface area contributed by atoms with Crippen LogP contribution in [0.2, 0.25) is 0 Å². The third-order valence-electron chi connectivity index (χ3n) is 5.85. The second-order valence-corrected chi connectivity index (χ2v) is 7.86. The molecule has 4 rings (SSSR count). The van der Waals surface area contributed by atoms with Gasteiger partial charge in [-0.3, -0.25) is 14.7 Å². The molecule has 8 nitrogen and oxygen atoms in total. The lowest BCUT2D eigenvalue weighted by atomic mass is 10.0. The lowest BCUT2D eigenvalue weighted by Crippen LogP contribution is -2.46. The van der Waals surface area contributed by atoms with Gasteiger partial charge >= 0.3 is 0 Å². The van der Waals surface area contributed by atoms with Gasteiger partial charge in [-0.1, -0.05) is 6.58 Å². The van der Waals surface area contributed by atoms with Crippen molar-refractivity contribution in [2.45, 2.75) is 13.8 Å². The quantitative estimate of drug-likeness (QED) is 0.665. The number of hydrogen-bond donors (Lipinski definition) is 1. The largest absolute Gasteiger partial charge is 0.372 e. The fourth-order valence-electron chi connectivity index (χ4n) is 3.97. The molecule has 0 unspecified atom stereocenters. The van der Waals surface area contributed by atoms with Gasteiger partial charge in [0.25, 0.3) is 11.5 Å². The summed E-state index contributed by atoms with van der Waals surface area (Å²) >= 11 is 0. The Morgan fingerprint density at radius 2 is 2.09 bits per heavy atom. The van der Waals surface area contributed by atoms with Crippen molar-refractivity contribution in [2.75, 3.05) is 26.2 Å². The number of H-pyrrole nitrogens is 1. The lowest BCUT2D eigenvalue weighted by molar-refractivity contribution is 0.0702. The molecular weight excluding hydrogens is 423 g/mol. The van der Waals surface area contributed by atoms with E-state index in [4.69, 9.17) is 5.26 Å². The minimum atomic E-state index is -0.686. The Morgan fingerprint density at radius 1 is 1.30 bits per heavy atom. The van der Waals surface area contributed by atoms with Gasteiger partial charge in [0.2, 0.25) is 0 Å². The molecule has 168 valence electrons. The van der Waals surface area contributed by atoms with E-state index in [0.29, 0.717) is 35.6 Å². The number of carbonyl (C=O) groups is 1. The van der Waals surface area contributed by atoms with Crippen molar-refractivity contribution in [3.05, 3.63) is 81.8 Å². The van der Waals surface area contributed by atoms with Gasteiger partial charge in [0.05, 0.1) is 23.2 Å². The number of halogens is 1. The molecule has 3 aromatic rings. The smallest absolute Gasteiger partial charge is 0.280 e. The van der Waals surface area contributed by atoms with E-state index in [1.807, 2.05) is 0 Å². The number of rotatable bonds is 4. The molecule has 9 heteroatoms. The highest BCUT2D eigenvalue weighted by Crippen LogP contribution is 2.24. The van der Waals surface area contributed by atoms with Crippen molar-refractivity contribution < 1.29 is 9.18 Å². The van der Waals surface area contributed by atoms with E-state index in [1.54, 1.807) is 30.0 Å². The van der Waals surface area contributed by atoms with Gasteiger partial charge in [0.15, 0.2) is 5.82 Å². The number of benzene rings is 1. The summed E-state index contributed by atoms with van der Waals surface area (Å²) in [7, 11) is 0. The molecule has 1 saturated heterocycles. The monoisotopic (exact) mass is 446 g/mol. The minimum absolute atomic E-state index is 0.0753. The Kier molecular flexibility index (Phi) is 5.84. The average Bonchev–Trinajstić information content (AvgIpc) is 3.20. The lowest BCUT2D eigenvalue weighted by Gasteiger charge is -2.37. The summed E-state index contributed by atoms with van der Waals surface area (Å²) in [4.78, 5) is 34.0. The fraction of sp³-hybridized carbons (Fsp3) is 0.250. The maximum atomic E-state index is 14.1. The van der Waals surface area contributed by atoms with Crippen LogP contribution in [0.5, 0.6) is 0 Å². The van der Waals surface area contributed by atoms with Crippen LogP contribution in [-0.2, 0) is 0 Å². The maximum Gasteiger partial charge on any atom is 0.280 e. The van der Waals surface area contributed by atoms with E-state index >= 15 is 0 Å². The number of hydrogen-bond acceptors (Lipinski definition) is 5. The SMILES string of the molecule is C=C1CN(C(=O)c2ccc(-n3[nH]cc(-c4cc(F)c(C#N)cc4C)c3=O)nc2)CCN1CC. The molecule has 0 radical (unpaired) electrons. The van der Waals surface area contributed by atoms with E-state index in [9.17, 15) is 14.0 Å². The molecule has 0 spiro atoms. The number of nitriles is 1. The van der Waals surface area contributed by atoms with Gasteiger partial charge in [-0.2, -0.15) is 5.26 Å². The number of aromatic nitrogens is 3. The molecule has 1 amide bonds. The first-order valence-electron chi connectivity index (χ1n) is 10.5. The zero-order chi connectivity index (χ0) is 23.7. The van der Waals surface area contributed by atoms with Crippen LogP contribution in [0.1, 0.15) is 28.4 Å². The highest BCUT2D eigenvalue weighted by molar-refractivity contribution is 5.94. The summed E-state index contributed by atoms with van der Waals surface area (Å²) in [6, 6.07) is 7.59. The summed E-state index contributed by atoms with van der Waals surface area (Å²) in [5.41, 5.74) is 2.09. The number of carbonyl (C=O) groups excluding carboxylic acids is 1. The number of nitrogens with zero attached hydrogens (tertiary/aromatic N) is 5. The predicted molar refractivity (Wildman–Crippen MR) is 121 cm³/mol. The highest BCUT2D eigenvalue weighted by atomic mass is 19.1. The number of aromatic amines is 1. The number of amides is 1. The molecule has 33 heavy (non-hydrogen) atoms. The van der Waals surface area contributed by atoms with Crippen molar-refractivity contribution in [3.63, 3.8) is 0 Å². The fourth-order valence-corrected chi connectivity index (χ4v) is 3.97. The van der Waals surface area contributed by atoms with Crippen LogP contribution in [0.15, 0.2) is 53.7 Å². The van der Waals surface area contributed by atoms with Gasteiger partial charge in [-0.25, -0.2) is 14.1 Å². The van der Waals surface area contributed by atoms with Gasteiger partial charge in [-0.05, 0) is 49.2 Å². The number of aryl methyl sites for hydroxylation is 1. The second kappa shape index (κ2) is 8.74. The van der Waals surface area contributed by atoms with Gasteiger partial charge in [-0.15, -0.1) is 0 Å². The van der Waals surface area contributed by atoms with Crippen LogP contribution in [0, 0.1) is 24.1 Å². The van der Waals surface area contributed by atoms with Crippen LogP contribution in [0.25, 0.3) is 16.9 Å². The summed E-state index contributed by atoms with van der Waals surface area (Å²) < 4.78 is 15.3. The third kappa shape index (κ3) is 4.03. The Hall–Kier alpha value is -4.19. The molecule has 0 aliphatic carbocycles. The first-order valence-corrected chi connectivity index (χ1v) is 10.5. The number of piperazine rings is 1. The Bertz CT molecular complexity index is 1330. The maximum absolute atomic E-state index is 14.1. The Balaban J connectivity index is 1.58. The summed E-state index contributed by atoms with van der Waals surface area (Å²) in [6.07, 6.45) is 2.90. The molecule has 1 aliphatic heterocycles. The Labute approximate surface area is 190 Å². The number of pyridine rings is 1. The second-order valence-electron chi connectivity index (χ2n) is 7.86. The molecule has 2 aromatic heterocycles. The van der Waals surface area contributed by atoms with Crippen molar-refractivity contribution >= 4 is 5.91 Å². The molecule has 0 bridgehead atoms. The average molecular weight is 446 g/mol.